The Hall–Kier alpha value is -0.930. The minimum atomic E-state index is -0.0188. The second-order valence-electron chi connectivity index (χ2n) is 6.65. The van der Waals surface area contributed by atoms with Gasteiger partial charge in [-0.05, 0) is 31.7 Å². The van der Waals surface area contributed by atoms with Gasteiger partial charge in [-0.1, -0.05) is 37.0 Å². The first kappa shape index (κ1) is 15.0. The highest BCUT2D eigenvalue weighted by Gasteiger charge is 2.32. The Morgan fingerprint density at radius 2 is 1.86 bits per heavy atom. The van der Waals surface area contributed by atoms with Gasteiger partial charge in [0.1, 0.15) is 5.82 Å². The lowest BCUT2D eigenvalue weighted by molar-refractivity contribution is 0.101. The summed E-state index contributed by atoms with van der Waals surface area (Å²) in [6, 6.07) is 5.89. The predicted molar refractivity (Wildman–Crippen MR) is 84.9 cm³/mol. The molecule has 2 fully saturated rings. The fraction of sp³-hybridized carbons (Fsp3) is 0.667. The van der Waals surface area contributed by atoms with Crippen LogP contribution in [0.3, 0.4) is 0 Å². The van der Waals surface area contributed by atoms with E-state index in [0.717, 1.165) is 31.7 Å². The Labute approximate surface area is 127 Å². The Kier molecular flexibility index (Phi) is 4.91. The molecule has 3 rings (SSSR count). The second-order valence-corrected chi connectivity index (χ2v) is 6.65. The number of nitrogens with zero attached hydrogens (tertiary/aromatic N) is 1. The fourth-order valence-corrected chi connectivity index (χ4v) is 4.05. The van der Waals surface area contributed by atoms with E-state index in [0.29, 0.717) is 5.92 Å². The largest absolute Gasteiger partial charge is 0.314 e. The molecule has 21 heavy (non-hydrogen) atoms. The summed E-state index contributed by atoms with van der Waals surface area (Å²) in [7, 11) is 0. The van der Waals surface area contributed by atoms with Crippen LogP contribution in [0.25, 0.3) is 0 Å². The van der Waals surface area contributed by atoms with Gasteiger partial charge in [-0.25, -0.2) is 4.39 Å². The maximum atomic E-state index is 14.5. The first-order valence-corrected chi connectivity index (χ1v) is 8.46. The van der Waals surface area contributed by atoms with Crippen LogP contribution in [0.5, 0.6) is 0 Å². The highest BCUT2D eigenvalue weighted by Crippen LogP contribution is 2.39. The molecule has 0 amide bonds. The molecule has 2 nitrogen and oxygen atoms in total. The normalized spacial score (nSPS) is 23.1. The van der Waals surface area contributed by atoms with Crippen LogP contribution in [0.1, 0.15) is 49.3 Å². The molecule has 1 N–H and O–H groups in total. The quantitative estimate of drug-likeness (QED) is 0.914. The number of benzene rings is 1. The van der Waals surface area contributed by atoms with Crippen molar-refractivity contribution in [3.05, 3.63) is 35.1 Å². The standard InChI is InChI=1S/C18H27FN2/c1-14-7-8-17(19)16(13-14)18(15-5-3-2-4-6-15)21-11-9-20-10-12-21/h7-8,13,15,18,20H,2-6,9-12H2,1H3/t18-/m0/s1. The lowest BCUT2D eigenvalue weighted by atomic mass is 9.79. The average molecular weight is 290 g/mol. The molecule has 3 heteroatoms. The van der Waals surface area contributed by atoms with Crippen LogP contribution in [-0.4, -0.2) is 31.1 Å². The van der Waals surface area contributed by atoms with Crippen LogP contribution >= 0.6 is 0 Å². The van der Waals surface area contributed by atoms with Crippen LogP contribution in [0.4, 0.5) is 4.39 Å². The molecular weight excluding hydrogens is 263 g/mol. The van der Waals surface area contributed by atoms with E-state index in [4.69, 9.17) is 0 Å². The smallest absolute Gasteiger partial charge is 0.128 e. The van der Waals surface area contributed by atoms with Gasteiger partial charge in [0.2, 0.25) is 0 Å². The van der Waals surface area contributed by atoms with Gasteiger partial charge in [-0.15, -0.1) is 0 Å². The van der Waals surface area contributed by atoms with Gasteiger partial charge < -0.3 is 5.32 Å². The van der Waals surface area contributed by atoms with Gasteiger partial charge in [0.25, 0.3) is 0 Å². The minimum Gasteiger partial charge on any atom is -0.314 e. The lowest BCUT2D eigenvalue weighted by Crippen LogP contribution is -2.47. The molecule has 1 atom stereocenters. The molecule has 0 aromatic heterocycles. The molecule has 0 spiro atoms. The molecular formula is C18H27FN2. The Balaban J connectivity index is 1.91. The van der Waals surface area contributed by atoms with Gasteiger partial charge in [-0.3, -0.25) is 4.90 Å². The number of hydrogen-bond donors (Lipinski definition) is 1. The zero-order valence-corrected chi connectivity index (χ0v) is 13.1. The van der Waals surface area contributed by atoms with Crippen molar-refractivity contribution in [2.24, 2.45) is 5.92 Å². The first-order chi connectivity index (χ1) is 10.3. The summed E-state index contributed by atoms with van der Waals surface area (Å²) in [4.78, 5) is 2.52. The molecule has 1 saturated heterocycles. The summed E-state index contributed by atoms with van der Waals surface area (Å²) < 4.78 is 14.5. The fourth-order valence-electron chi connectivity index (χ4n) is 4.05. The van der Waals surface area contributed by atoms with Gasteiger partial charge in [0, 0.05) is 37.8 Å². The third-order valence-electron chi connectivity index (χ3n) is 5.11. The number of halogens is 1. The number of piperazine rings is 1. The molecule has 1 aromatic carbocycles. The third-order valence-corrected chi connectivity index (χ3v) is 5.11. The van der Waals surface area contributed by atoms with Crippen molar-refractivity contribution >= 4 is 0 Å². The Morgan fingerprint density at radius 3 is 2.57 bits per heavy atom. The highest BCUT2D eigenvalue weighted by molar-refractivity contribution is 5.28. The molecule has 116 valence electrons. The molecule has 0 bridgehead atoms. The van der Waals surface area contributed by atoms with Crippen LogP contribution in [0.2, 0.25) is 0 Å². The van der Waals surface area contributed by atoms with Gasteiger partial charge in [-0.2, -0.15) is 0 Å². The Bertz CT molecular complexity index is 444. The van der Waals surface area contributed by atoms with Crippen LogP contribution < -0.4 is 5.32 Å². The van der Waals surface area contributed by atoms with Crippen molar-refractivity contribution in [3.63, 3.8) is 0 Å². The van der Waals surface area contributed by atoms with Crippen molar-refractivity contribution in [2.45, 2.75) is 45.1 Å². The molecule has 0 radical (unpaired) electrons. The van der Waals surface area contributed by atoms with E-state index in [2.05, 4.69) is 23.2 Å². The van der Waals surface area contributed by atoms with Crippen LogP contribution in [0.15, 0.2) is 18.2 Å². The average Bonchev–Trinajstić information content (AvgIpc) is 2.53. The molecule has 0 unspecified atom stereocenters. The van der Waals surface area contributed by atoms with E-state index in [1.54, 1.807) is 6.07 Å². The van der Waals surface area contributed by atoms with E-state index in [1.165, 1.54) is 37.7 Å². The predicted octanol–water partition coefficient (Wildman–Crippen LogP) is 3.66. The van der Waals surface area contributed by atoms with E-state index in [-0.39, 0.29) is 11.9 Å². The van der Waals surface area contributed by atoms with Crippen molar-refractivity contribution in [1.82, 2.24) is 10.2 Å². The molecule has 1 aliphatic heterocycles. The van der Waals surface area contributed by atoms with Gasteiger partial charge in [0.05, 0.1) is 0 Å². The monoisotopic (exact) mass is 290 g/mol. The summed E-state index contributed by atoms with van der Waals surface area (Å²) in [6.07, 6.45) is 6.46. The van der Waals surface area contributed by atoms with E-state index in [1.807, 2.05) is 6.07 Å². The summed E-state index contributed by atoms with van der Waals surface area (Å²) in [5.41, 5.74) is 2.10. The molecule has 2 aliphatic rings. The maximum Gasteiger partial charge on any atom is 0.128 e. The molecule has 1 saturated carbocycles. The summed E-state index contributed by atoms with van der Waals surface area (Å²) in [5, 5.41) is 3.41. The third kappa shape index (κ3) is 3.46. The van der Waals surface area contributed by atoms with Crippen molar-refractivity contribution in [2.75, 3.05) is 26.2 Å². The van der Waals surface area contributed by atoms with Gasteiger partial charge in [0.15, 0.2) is 0 Å². The lowest BCUT2D eigenvalue weighted by Gasteiger charge is -2.41. The van der Waals surface area contributed by atoms with Crippen LogP contribution in [-0.2, 0) is 0 Å². The molecule has 1 heterocycles. The zero-order chi connectivity index (χ0) is 14.7. The SMILES string of the molecule is Cc1ccc(F)c([C@H](C2CCCCC2)N2CCNCC2)c1. The van der Waals surface area contributed by atoms with Crippen LogP contribution in [0, 0.1) is 18.7 Å². The number of hydrogen-bond acceptors (Lipinski definition) is 2. The topological polar surface area (TPSA) is 15.3 Å². The maximum absolute atomic E-state index is 14.5. The number of nitrogens with one attached hydrogen (secondary N) is 1. The zero-order valence-electron chi connectivity index (χ0n) is 13.1. The molecule has 1 aliphatic carbocycles. The van der Waals surface area contributed by atoms with Crippen molar-refractivity contribution in [3.8, 4) is 0 Å². The number of rotatable bonds is 3. The van der Waals surface area contributed by atoms with E-state index in [9.17, 15) is 4.39 Å². The highest BCUT2D eigenvalue weighted by atomic mass is 19.1. The summed E-state index contributed by atoms with van der Waals surface area (Å²) >= 11 is 0. The van der Waals surface area contributed by atoms with Crippen molar-refractivity contribution < 1.29 is 4.39 Å². The van der Waals surface area contributed by atoms with Gasteiger partial charge >= 0.3 is 0 Å². The molecule has 1 aromatic rings. The summed E-state index contributed by atoms with van der Waals surface area (Å²) in [6.45, 7) is 6.19. The minimum absolute atomic E-state index is 0.0188. The number of aryl methyl sites for hydroxylation is 1. The second kappa shape index (κ2) is 6.89. The van der Waals surface area contributed by atoms with Crippen molar-refractivity contribution in [1.29, 1.82) is 0 Å². The summed E-state index contributed by atoms with van der Waals surface area (Å²) in [5.74, 6) is 0.600. The first-order valence-electron chi connectivity index (χ1n) is 8.46. The van der Waals surface area contributed by atoms with E-state index >= 15 is 0 Å². The Morgan fingerprint density at radius 1 is 1.14 bits per heavy atom. The van der Waals surface area contributed by atoms with E-state index < -0.39 is 0 Å².